The summed E-state index contributed by atoms with van der Waals surface area (Å²) in [5.74, 6) is -1.31. The predicted molar refractivity (Wildman–Crippen MR) is 88.1 cm³/mol. The van der Waals surface area contributed by atoms with Crippen LogP contribution in [0, 0.1) is 6.92 Å². The van der Waals surface area contributed by atoms with Gasteiger partial charge in [-0.05, 0) is 25.0 Å². The number of sulfonamides is 1. The maximum atomic E-state index is 13.2. The molecule has 5 nitrogen and oxygen atoms in total. The van der Waals surface area contributed by atoms with E-state index in [-0.39, 0.29) is 11.5 Å². The molecule has 1 aliphatic rings. The first-order chi connectivity index (χ1) is 12.8. The Morgan fingerprint density at radius 3 is 2.39 bits per heavy atom. The van der Waals surface area contributed by atoms with Crippen molar-refractivity contribution in [1.29, 1.82) is 0 Å². The van der Waals surface area contributed by atoms with E-state index < -0.39 is 58.3 Å². The second-order valence-corrected chi connectivity index (χ2v) is 8.31. The van der Waals surface area contributed by atoms with Crippen molar-refractivity contribution in [2.75, 3.05) is 10.8 Å². The third-order valence-corrected chi connectivity index (χ3v) is 6.09. The van der Waals surface area contributed by atoms with Crippen molar-refractivity contribution >= 4 is 15.8 Å². The largest absolute Gasteiger partial charge is 0.416 e. The van der Waals surface area contributed by atoms with Gasteiger partial charge in [0.1, 0.15) is 5.82 Å². The van der Waals surface area contributed by atoms with E-state index in [1.807, 2.05) is 0 Å². The highest BCUT2D eigenvalue weighted by molar-refractivity contribution is 7.92. The number of fused-ring (bicyclic) bond motifs is 1. The fourth-order valence-electron chi connectivity index (χ4n) is 3.18. The SMILES string of the molecule is Cc1cc2n(n1)[C@H](C(F)(F)F)CCN2S(=O)(=O)Cc1ccccc1C(F)(F)F. The van der Waals surface area contributed by atoms with Gasteiger partial charge in [-0.2, -0.15) is 31.4 Å². The van der Waals surface area contributed by atoms with Gasteiger partial charge in [0.25, 0.3) is 0 Å². The summed E-state index contributed by atoms with van der Waals surface area (Å²) in [6.45, 7) is 0.897. The average Bonchev–Trinajstić information content (AvgIpc) is 2.92. The van der Waals surface area contributed by atoms with Gasteiger partial charge in [0.15, 0.2) is 6.04 Å². The standard InChI is InChI=1S/C16H15F6N3O2S/c1-10-8-14-24(7-6-13(16(20,21)22)25(14)23-10)28(26,27)9-11-4-2-3-5-12(11)15(17,18)19/h2-5,8,13H,6-7,9H2,1H3/t13-/m0/s1. The number of alkyl halides is 6. The zero-order chi connectivity index (χ0) is 20.9. The zero-order valence-electron chi connectivity index (χ0n) is 14.4. The molecule has 12 heteroatoms. The number of anilines is 1. The van der Waals surface area contributed by atoms with Crippen LogP contribution < -0.4 is 4.31 Å². The molecule has 1 atom stereocenters. The Labute approximate surface area is 156 Å². The third-order valence-electron chi connectivity index (χ3n) is 4.37. The molecule has 2 heterocycles. The van der Waals surface area contributed by atoms with Crippen molar-refractivity contribution < 1.29 is 34.8 Å². The van der Waals surface area contributed by atoms with Crippen molar-refractivity contribution in [3.8, 4) is 0 Å². The van der Waals surface area contributed by atoms with Crippen LogP contribution in [-0.4, -0.2) is 30.9 Å². The zero-order valence-corrected chi connectivity index (χ0v) is 15.2. The second kappa shape index (κ2) is 6.68. The molecule has 0 N–H and O–H groups in total. The summed E-state index contributed by atoms with van der Waals surface area (Å²) in [5, 5.41) is 3.74. The first-order valence-corrected chi connectivity index (χ1v) is 9.70. The van der Waals surface area contributed by atoms with Crippen molar-refractivity contribution in [3.63, 3.8) is 0 Å². The van der Waals surface area contributed by atoms with E-state index in [4.69, 9.17) is 0 Å². The Bertz CT molecular complexity index is 981. The normalized spacial score (nSPS) is 18.2. The molecule has 2 aromatic rings. The molecule has 0 aliphatic carbocycles. The lowest BCUT2D eigenvalue weighted by molar-refractivity contribution is -0.172. The highest BCUT2D eigenvalue weighted by atomic mass is 32.2. The third kappa shape index (κ3) is 3.82. The summed E-state index contributed by atoms with van der Waals surface area (Å²) in [5.41, 5.74) is -1.41. The number of hydrogen-bond acceptors (Lipinski definition) is 3. The summed E-state index contributed by atoms with van der Waals surface area (Å²) in [7, 11) is -4.38. The van der Waals surface area contributed by atoms with Crippen LogP contribution >= 0.6 is 0 Å². The summed E-state index contributed by atoms with van der Waals surface area (Å²) in [4.78, 5) is 0. The van der Waals surface area contributed by atoms with Gasteiger partial charge in [0.05, 0.1) is 17.0 Å². The van der Waals surface area contributed by atoms with Crippen LogP contribution in [0.25, 0.3) is 0 Å². The number of hydrogen-bond donors (Lipinski definition) is 0. The molecule has 0 unspecified atom stereocenters. The van der Waals surface area contributed by atoms with Gasteiger partial charge in [0, 0.05) is 12.6 Å². The number of benzene rings is 1. The molecule has 154 valence electrons. The van der Waals surface area contributed by atoms with E-state index in [9.17, 15) is 34.8 Å². The minimum atomic E-state index is -4.76. The summed E-state index contributed by atoms with van der Waals surface area (Å²) >= 11 is 0. The number of aryl methyl sites for hydroxylation is 1. The quantitative estimate of drug-likeness (QED) is 0.695. The lowest BCUT2D eigenvalue weighted by Crippen LogP contribution is -2.43. The molecule has 1 aromatic carbocycles. The minimum Gasteiger partial charge on any atom is -0.254 e. The Kier molecular flexibility index (Phi) is 4.89. The molecule has 0 radical (unpaired) electrons. The summed E-state index contributed by atoms with van der Waals surface area (Å²) in [6.07, 6.45) is -9.97. The van der Waals surface area contributed by atoms with E-state index >= 15 is 0 Å². The fourth-order valence-corrected chi connectivity index (χ4v) is 4.78. The highest BCUT2D eigenvalue weighted by Crippen LogP contribution is 2.41. The minimum absolute atomic E-state index is 0.169. The van der Waals surface area contributed by atoms with Gasteiger partial charge in [-0.25, -0.2) is 13.1 Å². The Morgan fingerprint density at radius 2 is 1.79 bits per heavy atom. The van der Waals surface area contributed by atoms with Gasteiger partial charge < -0.3 is 0 Å². The van der Waals surface area contributed by atoms with Crippen molar-refractivity contribution in [2.24, 2.45) is 0 Å². The van der Waals surface area contributed by atoms with Gasteiger partial charge >= 0.3 is 12.4 Å². The van der Waals surface area contributed by atoms with Crippen LogP contribution in [0.4, 0.5) is 32.2 Å². The molecule has 0 bridgehead atoms. The predicted octanol–water partition coefficient (Wildman–Crippen LogP) is 4.05. The van der Waals surface area contributed by atoms with Crippen molar-refractivity contribution in [3.05, 3.63) is 47.2 Å². The second-order valence-electron chi connectivity index (χ2n) is 6.42. The molecule has 1 aromatic heterocycles. The summed E-state index contributed by atoms with van der Waals surface area (Å²) in [6, 6.07) is 3.37. The molecule has 1 aliphatic heterocycles. The Morgan fingerprint density at radius 1 is 1.14 bits per heavy atom. The first kappa shape index (κ1) is 20.5. The van der Waals surface area contributed by atoms with E-state index in [1.165, 1.54) is 19.1 Å². The Hall–Kier alpha value is -2.24. The lowest BCUT2D eigenvalue weighted by atomic mass is 10.1. The topological polar surface area (TPSA) is 55.2 Å². The van der Waals surface area contributed by atoms with E-state index in [1.54, 1.807) is 0 Å². The average molecular weight is 427 g/mol. The molecule has 0 saturated heterocycles. The molecular weight excluding hydrogens is 412 g/mol. The maximum absolute atomic E-state index is 13.2. The van der Waals surface area contributed by atoms with Gasteiger partial charge in [0.2, 0.25) is 10.0 Å². The Balaban J connectivity index is 2.00. The lowest BCUT2D eigenvalue weighted by Gasteiger charge is -2.34. The van der Waals surface area contributed by atoms with Crippen LogP contribution in [0.15, 0.2) is 30.3 Å². The molecule has 0 spiro atoms. The van der Waals surface area contributed by atoms with E-state index in [0.29, 0.717) is 8.99 Å². The van der Waals surface area contributed by atoms with Gasteiger partial charge in [-0.1, -0.05) is 18.2 Å². The molecule has 0 fully saturated rings. The number of rotatable bonds is 3. The molecule has 3 rings (SSSR count). The maximum Gasteiger partial charge on any atom is 0.416 e. The van der Waals surface area contributed by atoms with Crippen LogP contribution in [0.3, 0.4) is 0 Å². The van der Waals surface area contributed by atoms with Gasteiger partial charge in [-0.3, -0.25) is 4.31 Å². The first-order valence-electron chi connectivity index (χ1n) is 8.09. The van der Waals surface area contributed by atoms with Crippen molar-refractivity contribution in [1.82, 2.24) is 9.78 Å². The van der Waals surface area contributed by atoms with Crippen LogP contribution in [0.5, 0.6) is 0 Å². The van der Waals surface area contributed by atoms with Crippen LogP contribution in [0.2, 0.25) is 0 Å². The number of halogens is 6. The molecule has 0 saturated carbocycles. The smallest absolute Gasteiger partial charge is 0.254 e. The molecule has 0 amide bonds. The highest BCUT2D eigenvalue weighted by Gasteiger charge is 2.47. The number of nitrogens with zero attached hydrogens (tertiary/aromatic N) is 3. The van der Waals surface area contributed by atoms with Crippen LogP contribution in [-0.2, 0) is 22.0 Å². The van der Waals surface area contributed by atoms with Crippen molar-refractivity contribution in [2.45, 2.75) is 37.5 Å². The van der Waals surface area contributed by atoms with E-state index in [2.05, 4.69) is 5.10 Å². The molecular formula is C16H15F6N3O2S. The monoisotopic (exact) mass is 427 g/mol. The molecule has 28 heavy (non-hydrogen) atoms. The summed E-state index contributed by atoms with van der Waals surface area (Å²) < 4.78 is 106. The fraction of sp³-hybridized carbons (Fsp3) is 0.438. The van der Waals surface area contributed by atoms with E-state index in [0.717, 1.165) is 18.2 Å². The van der Waals surface area contributed by atoms with Gasteiger partial charge in [-0.15, -0.1) is 0 Å². The van der Waals surface area contributed by atoms with Crippen LogP contribution in [0.1, 0.15) is 29.3 Å². The number of aromatic nitrogens is 2.